The standard InChI is InChI=1S/C13H18ClNO3S/c1-9(2)13(16)7-15(8-13)19(17,18)12-5-4-11(14)6-10(12)3/h4-6,9,16H,7-8H2,1-3H3. The van der Waals surface area contributed by atoms with Crippen molar-refractivity contribution in [3.05, 3.63) is 28.8 Å². The maximum absolute atomic E-state index is 12.4. The van der Waals surface area contributed by atoms with Gasteiger partial charge in [-0.2, -0.15) is 4.31 Å². The normalized spacial score (nSPS) is 19.5. The Hall–Kier alpha value is -0.620. The molecule has 0 radical (unpaired) electrons. The van der Waals surface area contributed by atoms with Gasteiger partial charge in [0.15, 0.2) is 0 Å². The van der Waals surface area contributed by atoms with Crippen LogP contribution < -0.4 is 0 Å². The van der Waals surface area contributed by atoms with Gasteiger partial charge in [0.25, 0.3) is 0 Å². The topological polar surface area (TPSA) is 57.6 Å². The van der Waals surface area contributed by atoms with E-state index in [1.165, 1.54) is 10.4 Å². The molecule has 1 fully saturated rings. The fraction of sp³-hybridized carbons (Fsp3) is 0.538. The van der Waals surface area contributed by atoms with E-state index in [2.05, 4.69) is 0 Å². The first-order chi connectivity index (χ1) is 8.67. The van der Waals surface area contributed by atoms with Crippen molar-refractivity contribution in [1.29, 1.82) is 0 Å². The van der Waals surface area contributed by atoms with Crippen LogP contribution in [0, 0.1) is 12.8 Å². The molecule has 1 heterocycles. The number of benzene rings is 1. The zero-order chi connectivity index (χ0) is 14.4. The maximum atomic E-state index is 12.4. The van der Waals surface area contributed by atoms with Crippen LogP contribution in [0.4, 0.5) is 0 Å². The van der Waals surface area contributed by atoms with Gasteiger partial charge in [-0.1, -0.05) is 25.4 Å². The van der Waals surface area contributed by atoms with E-state index in [0.29, 0.717) is 10.6 Å². The van der Waals surface area contributed by atoms with Crippen LogP contribution in [0.5, 0.6) is 0 Å². The van der Waals surface area contributed by atoms with Crippen molar-refractivity contribution in [2.24, 2.45) is 5.92 Å². The first-order valence-corrected chi connectivity index (χ1v) is 7.97. The Morgan fingerprint density at radius 3 is 2.42 bits per heavy atom. The molecule has 1 aromatic rings. The van der Waals surface area contributed by atoms with E-state index in [1.807, 2.05) is 13.8 Å². The Bertz CT molecular complexity index is 592. The van der Waals surface area contributed by atoms with Crippen LogP contribution in [0.2, 0.25) is 5.02 Å². The third kappa shape index (κ3) is 2.52. The second kappa shape index (κ2) is 4.74. The summed E-state index contributed by atoms with van der Waals surface area (Å²) < 4.78 is 26.2. The second-order valence-electron chi connectivity index (χ2n) is 5.44. The van der Waals surface area contributed by atoms with Gasteiger partial charge in [0.2, 0.25) is 10.0 Å². The van der Waals surface area contributed by atoms with Gasteiger partial charge < -0.3 is 5.11 Å². The lowest BCUT2D eigenvalue weighted by molar-refractivity contribution is -0.0932. The van der Waals surface area contributed by atoms with Gasteiger partial charge in [0.1, 0.15) is 0 Å². The Morgan fingerprint density at radius 2 is 1.95 bits per heavy atom. The number of aryl methyl sites for hydroxylation is 1. The Balaban J connectivity index is 2.26. The van der Waals surface area contributed by atoms with E-state index in [-0.39, 0.29) is 23.9 Å². The fourth-order valence-corrected chi connectivity index (χ4v) is 4.14. The van der Waals surface area contributed by atoms with Crippen molar-refractivity contribution in [3.8, 4) is 0 Å². The highest BCUT2D eigenvalue weighted by atomic mass is 35.5. The van der Waals surface area contributed by atoms with E-state index in [0.717, 1.165) is 0 Å². The predicted octanol–water partition coefficient (Wildman–Crippen LogP) is 2.04. The number of hydrogen-bond acceptors (Lipinski definition) is 3. The first kappa shape index (κ1) is 14.8. The van der Waals surface area contributed by atoms with Gasteiger partial charge in [-0.05, 0) is 36.6 Å². The van der Waals surface area contributed by atoms with Crippen LogP contribution in [0.15, 0.2) is 23.1 Å². The predicted molar refractivity (Wildman–Crippen MR) is 74.7 cm³/mol. The first-order valence-electron chi connectivity index (χ1n) is 6.15. The van der Waals surface area contributed by atoms with Crippen molar-refractivity contribution >= 4 is 21.6 Å². The molecule has 2 rings (SSSR count). The summed E-state index contributed by atoms with van der Waals surface area (Å²) in [5.41, 5.74) is -0.291. The van der Waals surface area contributed by atoms with Gasteiger partial charge in [0.05, 0.1) is 10.5 Å². The molecule has 0 atom stereocenters. The Kier molecular flexibility index (Phi) is 3.68. The number of β-amino-alcohol motifs (C(OH)–C–C–N with tert-alkyl or cyclic N) is 1. The lowest BCUT2D eigenvalue weighted by Gasteiger charge is -2.48. The van der Waals surface area contributed by atoms with E-state index in [9.17, 15) is 13.5 Å². The van der Waals surface area contributed by atoms with E-state index in [1.54, 1.807) is 19.1 Å². The molecule has 1 saturated heterocycles. The smallest absolute Gasteiger partial charge is 0.243 e. The minimum Gasteiger partial charge on any atom is -0.387 e. The molecule has 4 nitrogen and oxygen atoms in total. The average molecular weight is 304 g/mol. The summed E-state index contributed by atoms with van der Waals surface area (Å²) >= 11 is 5.83. The Morgan fingerprint density at radius 1 is 1.37 bits per heavy atom. The summed E-state index contributed by atoms with van der Waals surface area (Å²) in [6.45, 7) is 5.78. The largest absolute Gasteiger partial charge is 0.387 e. The number of aliphatic hydroxyl groups is 1. The van der Waals surface area contributed by atoms with E-state index in [4.69, 9.17) is 11.6 Å². The van der Waals surface area contributed by atoms with Gasteiger partial charge in [-0.3, -0.25) is 0 Å². The number of sulfonamides is 1. The van der Waals surface area contributed by atoms with Crippen molar-refractivity contribution < 1.29 is 13.5 Å². The van der Waals surface area contributed by atoms with Gasteiger partial charge in [-0.25, -0.2) is 8.42 Å². The van der Waals surface area contributed by atoms with Crippen LogP contribution in [0.25, 0.3) is 0 Å². The van der Waals surface area contributed by atoms with Crippen LogP contribution >= 0.6 is 11.6 Å². The van der Waals surface area contributed by atoms with Crippen molar-refractivity contribution in [1.82, 2.24) is 4.31 Å². The molecular weight excluding hydrogens is 286 g/mol. The van der Waals surface area contributed by atoms with Crippen molar-refractivity contribution in [2.45, 2.75) is 31.3 Å². The SMILES string of the molecule is Cc1cc(Cl)ccc1S(=O)(=O)N1CC(O)(C(C)C)C1. The molecular formula is C13H18ClNO3S. The lowest BCUT2D eigenvalue weighted by atomic mass is 9.85. The monoisotopic (exact) mass is 303 g/mol. The molecule has 1 aliphatic heterocycles. The molecule has 0 spiro atoms. The van der Waals surface area contributed by atoms with Crippen LogP contribution in [0.3, 0.4) is 0 Å². The Labute approximate surface area is 119 Å². The molecule has 0 unspecified atom stereocenters. The quantitative estimate of drug-likeness (QED) is 0.929. The van der Waals surface area contributed by atoms with Gasteiger partial charge >= 0.3 is 0 Å². The summed E-state index contributed by atoms with van der Waals surface area (Å²) in [5.74, 6) is 0.0327. The minimum absolute atomic E-state index is 0.0327. The summed E-state index contributed by atoms with van der Waals surface area (Å²) in [6.07, 6.45) is 0. The third-order valence-corrected chi connectivity index (χ3v) is 5.92. The molecule has 1 aromatic carbocycles. The van der Waals surface area contributed by atoms with Crippen molar-refractivity contribution in [2.75, 3.05) is 13.1 Å². The zero-order valence-corrected chi connectivity index (χ0v) is 12.8. The molecule has 6 heteroatoms. The number of halogens is 1. The zero-order valence-electron chi connectivity index (χ0n) is 11.2. The maximum Gasteiger partial charge on any atom is 0.243 e. The summed E-state index contributed by atoms with van der Waals surface area (Å²) in [6, 6.07) is 4.71. The average Bonchev–Trinajstić information content (AvgIpc) is 2.23. The summed E-state index contributed by atoms with van der Waals surface area (Å²) in [7, 11) is -3.54. The second-order valence-corrected chi connectivity index (χ2v) is 7.78. The fourth-order valence-electron chi connectivity index (χ4n) is 2.14. The third-order valence-electron chi connectivity index (χ3n) is 3.73. The molecule has 1 N–H and O–H groups in total. The molecule has 0 amide bonds. The van der Waals surface area contributed by atoms with E-state index < -0.39 is 15.6 Å². The lowest BCUT2D eigenvalue weighted by Crippen LogP contribution is -2.65. The highest BCUT2D eigenvalue weighted by Gasteiger charge is 2.49. The summed E-state index contributed by atoms with van der Waals surface area (Å²) in [5, 5.41) is 10.7. The molecule has 106 valence electrons. The molecule has 0 bridgehead atoms. The van der Waals surface area contributed by atoms with Crippen LogP contribution in [0.1, 0.15) is 19.4 Å². The summed E-state index contributed by atoms with van der Waals surface area (Å²) in [4.78, 5) is 0.253. The van der Waals surface area contributed by atoms with E-state index >= 15 is 0 Å². The highest BCUT2D eigenvalue weighted by Crippen LogP contribution is 2.34. The number of rotatable bonds is 3. The number of hydrogen-bond donors (Lipinski definition) is 1. The molecule has 19 heavy (non-hydrogen) atoms. The van der Waals surface area contributed by atoms with Gasteiger partial charge in [0, 0.05) is 18.1 Å². The van der Waals surface area contributed by atoms with Crippen molar-refractivity contribution in [3.63, 3.8) is 0 Å². The molecule has 1 aliphatic rings. The highest BCUT2D eigenvalue weighted by molar-refractivity contribution is 7.89. The van der Waals surface area contributed by atoms with Crippen LogP contribution in [-0.2, 0) is 10.0 Å². The minimum atomic E-state index is -3.54. The molecule has 0 aromatic heterocycles. The molecule has 0 aliphatic carbocycles. The number of nitrogens with zero attached hydrogens (tertiary/aromatic N) is 1. The van der Waals surface area contributed by atoms with Gasteiger partial charge in [-0.15, -0.1) is 0 Å². The van der Waals surface area contributed by atoms with Crippen LogP contribution in [-0.4, -0.2) is 36.5 Å². The molecule has 0 saturated carbocycles.